The van der Waals surface area contributed by atoms with Crippen LogP contribution in [0.5, 0.6) is 0 Å². The summed E-state index contributed by atoms with van der Waals surface area (Å²) >= 11 is 0. The summed E-state index contributed by atoms with van der Waals surface area (Å²) in [6, 6.07) is 14.1. The highest BCUT2D eigenvalue weighted by atomic mass is 19.1. The summed E-state index contributed by atoms with van der Waals surface area (Å²) in [4.78, 5) is 24.0. The number of aromatic nitrogens is 1. The largest absolute Gasteiger partial charge is 0.477 e. The molecule has 1 saturated heterocycles. The van der Waals surface area contributed by atoms with Gasteiger partial charge in [0.15, 0.2) is 5.43 Å². The molecule has 1 aromatic heterocycles. The zero-order chi connectivity index (χ0) is 21.3. The zero-order valence-corrected chi connectivity index (χ0v) is 16.5. The van der Waals surface area contributed by atoms with Crippen molar-refractivity contribution in [2.24, 2.45) is 0 Å². The van der Waals surface area contributed by atoms with E-state index in [1.165, 1.54) is 24.4 Å². The molecule has 1 fully saturated rings. The number of benzene rings is 2. The van der Waals surface area contributed by atoms with Crippen LogP contribution in [0, 0.1) is 5.82 Å². The molecule has 2 atom stereocenters. The maximum absolute atomic E-state index is 13.3. The molecule has 0 spiro atoms. The molecule has 6 heteroatoms. The summed E-state index contributed by atoms with van der Waals surface area (Å²) < 4.78 is 21.3. The van der Waals surface area contributed by atoms with Crippen molar-refractivity contribution < 1.29 is 19.0 Å². The van der Waals surface area contributed by atoms with E-state index in [0.29, 0.717) is 13.0 Å². The van der Waals surface area contributed by atoms with Gasteiger partial charge in [-0.15, -0.1) is 0 Å². The predicted octanol–water partition coefficient (Wildman–Crippen LogP) is 4.16. The second-order valence-corrected chi connectivity index (χ2v) is 8.24. The Kier molecular flexibility index (Phi) is 3.83. The van der Waals surface area contributed by atoms with Gasteiger partial charge in [0.25, 0.3) is 0 Å². The molecule has 3 heterocycles. The van der Waals surface area contributed by atoms with Crippen LogP contribution in [0.25, 0.3) is 22.3 Å². The minimum atomic E-state index is -1.21. The molecule has 2 aromatic carbocycles. The Balaban J connectivity index is 1.50. The average Bonchev–Trinajstić information content (AvgIpc) is 3.38. The fourth-order valence-corrected chi connectivity index (χ4v) is 5.19. The van der Waals surface area contributed by atoms with Gasteiger partial charge >= 0.3 is 5.97 Å². The van der Waals surface area contributed by atoms with Crippen molar-refractivity contribution in [1.29, 1.82) is 0 Å². The number of hydrogen-bond donors (Lipinski definition) is 1. The molecule has 5 nitrogen and oxygen atoms in total. The minimum absolute atomic E-state index is 0.0322. The molecule has 1 aliphatic carbocycles. The highest BCUT2D eigenvalue weighted by molar-refractivity contribution is 6.00. The van der Waals surface area contributed by atoms with Gasteiger partial charge in [-0.25, -0.2) is 9.18 Å². The number of hydrogen-bond acceptors (Lipinski definition) is 3. The Morgan fingerprint density at radius 2 is 1.87 bits per heavy atom. The Labute approximate surface area is 177 Å². The van der Waals surface area contributed by atoms with Gasteiger partial charge in [-0.1, -0.05) is 30.3 Å². The van der Waals surface area contributed by atoms with E-state index < -0.39 is 11.4 Å². The number of carbonyl (C=O) groups is 1. The number of ether oxygens (including phenoxy) is 1. The Hall–Kier alpha value is -3.51. The molecule has 0 unspecified atom stereocenters. The highest BCUT2D eigenvalue weighted by Gasteiger charge is 2.43. The maximum Gasteiger partial charge on any atom is 0.341 e. The molecule has 154 valence electrons. The smallest absolute Gasteiger partial charge is 0.341 e. The lowest BCUT2D eigenvalue weighted by atomic mass is 9.89. The zero-order valence-electron chi connectivity index (χ0n) is 16.5. The number of carboxylic acid groups (broad SMARTS) is 1. The Bertz CT molecular complexity index is 1350. The molecule has 0 amide bonds. The molecule has 3 aromatic rings. The van der Waals surface area contributed by atoms with Crippen molar-refractivity contribution in [1.82, 2.24) is 4.57 Å². The van der Waals surface area contributed by atoms with E-state index in [9.17, 15) is 19.1 Å². The van der Waals surface area contributed by atoms with Crippen LogP contribution in [0.3, 0.4) is 0 Å². The summed E-state index contributed by atoms with van der Waals surface area (Å²) in [6.45, 7) is 0.586. The summed E-state index contributed by atoms with van der Waals surface area (Å²) in [5.74, 6) is -1.48. The highest BCUT2D eigenvalue weighted by Crippen LogP contribution is 2.50. The van der Waals surface area contributed by atoms with Gasteiger partial charge in [-0.3, -0.25) is 4.79 Å². The molecule has 3 aliphatic rings. The quantitative estimate of drug-likeness (QED) is 0.682. The fourth-order valence-electron chi connectivity index (χ4n) is 5.19. The number of carboxylic acids is 1. The number of fused-ring (bicyclic) bond motifs is 7. The molecule has 0 radical (unpaired) electrons. The van der Waals surface area contributed by atoms with Gasteiger partial charge in [-0.2, -0.15) is 0 Å². The summed E-state index contributed by atoms with van der Waals surface area (Å²) in [6.07, 6.45) is 2.71. The van der Waals surface area contributed by atoms with Gasteiger partial charge < -0.3 is 14.4 Å². The van der Waals surface area contributed by atoms with Gasteiger partial charge in [0.1, 0.15) is 17.5 Å². The standard InChI is InChI=1S/C25H18FNO4/c26-16-4-1-13(2-5-16)14-3-6-17-15(9-14)10-18-21-11-22(28)19(25(29)30)12-27(21)20-7-8-31-24(20)23(17)18/h1-6,9,11-12,20,24H,7-8,10H2,(H,29,30)/t20-,24+/m1/s1. The van der Waals surface area contributed by atoms with Crippen molar-refractivity contribution in [2.75, 3.05) is 6.61 Å². The fraction of sp³-hybridized carbons (Fsp3) is 0.200. The second-order valence-electron chi connectivity index (χ2n) is 8.24. The van der Waals surface area contributed by atoms with E-state index in [1.54, 1.807) is 12.1 Å². The molecular formula is C25H18FNO4. The van der Waals surface area contributed by atoms with Crippen LogP contribution in [0.1, 0.15) is 39.6 Å². The van der Waals surface area contributed by atoms with Crippen LogP contribution in [0.2, 0.25) is 0 Å². The van der Waals surface area contributed by atoms with Crippen molar-refractivity contribution in [2.45, 2.75) is 25.0 Å². The van der Waals surface area contributed by atoms with Gasteiger partial charge in [0.2, 0.25) is 0 Å². The van der Waals surface area contributed by atoms with E-state index in [4.69, 9.17) is 4.74 Å². The van der Waals surface area contributed by atoms with Crippen molar-refractivity contribution in [3.05, 3.63) is 93.2 Å². The van der Waals surface area contributed by atoms with E-state index in [-0.39, 0.29) is 23.5 Å². The lowest BCUT2D eigenvalue weighted by Crippen LogP contribution is -2.31. The SMILES string of the molecule is O=C(O)c1cn2c(cc1=O)C1=C(c3ccc(-c4ccc(F)cc4)cc3C1)[C@H]1OCC[C@H]12. The van der Waals surface area contributed by atoms with E-state index in [2.05, 4.69) is 12.1 Å². The first-order chi connectivity index (χ1) is 15.0. The summed E-state index contributed by atoms with van der Waals surface area (Å²) in [7, 11) is 0. The number of allylic oxidation sites excluding steroid dienone is 1. The topological polar surface area (TPSA) is 68.5 Å². The first kappa shape index (κ1) is 18.3. The maximum atomic E-state index is 13.3. The van der Waals surface area contributed by atoms with Crippen LogP contribution in [-0.4, -0.2) is 28.4 Å². The number of nitrogens with zero attached hydrogens (tertiary/aromatic N) is 1. The van der Waals surface area contributed by atoms with Gasteiger partial charge in [0, 0.05) is 31.0 Å². The van der Waals surface area contributed by atoms with Gasteiger partial charge in [0.05, 0.1) is 6.04 Å². The second kappa shape index (κ2) is 6.49. The molecule has 2 aliphatic heterocycles. The van der Waals surface area contributed by atoms with Crippen LogP contribution < -0.4 is 5.43 Å². The molecule has 0 bridgehead atoms. The molecule has 31 heavy (non-hydrogen) atoms. The van der Waals surface area contributed by atoms with Crippen molar-refractivity contribution in [3.8, 4) is 11.1 Å². The summed E-state index contributed by atoms with van der Waals surface area (Å²) in [5.41, 5.74) is 6.37. The normalized spacial score (nSPS) is 20.8. The Morgan fingerprint density at radius 3 is 2.65 bits per heavy atom. The third-order valence-corrected chi connectivity index (χ3v) is 6.59. The third kappa shape index (κ3) is 2.65. The van der Waals surface area contributed by atoms with Crippen molar-refractivity contribution >= 4 is 17.1 Å². The average molecular weight is 415 g/mol. The summed E-state index contributed by atoms with van der Waals surface area (Å²) in [5, 5.41) is 9.41. The monoisotopic (exact) mass is 415 g/mol. The number of pyridine rings is 1. The van der Waals surface area contributed by atoms with E-state index >= 15 is 0 Å². The molecule has 0 saturated carbocycles. The van der Waals surface area contributed by atoms with Gasteiger partial charge in [-0.05, 0) is 52.0 Å². The molecule has 1 N–H and O–H groups in total. The number of halogens is 1. The van der Waals surface area contributed by atoms with Crippen molar-refractivity contribution in [3.63, 3.8) is 0 Å². The van der Waals surface area contributed by atoms with E-state index in [1.807, 2.05) is 10.6 Å². The lowest BCUT2D eigenvalue weighted by Gasteiger charge is -2.32. The van der Waals surface area contributed by atoms with Crippen LogP contribution in [-0.2, 0) is 11.2 Å². The van der Waals surface area contributed by atoms with Crippen LogP contribution >= 0.6 is 0 Å². The Morgan fingerprint density at radius 1 is 1.10 bits per heavy atom. The van der Waals surface area contributed by atoms with Crippen LogP contribution in [0.15, 0.2) is 59.5 Å². The number of rotatable bonds is 2. The van der Waals surface area contributed by atoms with E-state index in [0.717, 1.165) is 45.5 Å². The van der Waals surface area contributed by atoms with Crippen LogP contribution in [0.4, 0.5) is 4.39 Å². The predicted molar refractivity (Wildman–Crippen MR) is 113 cm³/mol. The first-order valence-corrected chi connectivity index (χ1v) is 10.2. The molecule has 6 rings (SSSR count). The molecular weight excluding hydrogens is 397 g/mol. The minimum Gasteiger partial charge on any atom is -0.477 e. The lowest BCUT2D eigenvalue weighted by molar-refractivity contribution is 0.0693. The third-order valence-electron chi connectivity index (χ3n) is 6.59. The first-order valence-electron chi connectivity index (χ1n) is 10.2. The number of aromatic carboxylic acids is 1.